The molecule has 16 heavy (non-hydrogen) atoms. The van der Waals surface area contributed by atoms with E-state index in [0.717, 1.165) is 6.07 Å². The molecule has 0 aliphatic heterocycles. The van der Waals surface area contributed by atoms with E-state index < -0.39 is 17.6 Å². The van der Waals surface area contributed by atoms with Gasteiger partial charge in [-0.25, -0.2) is 4.39 Å². The van der Waals surface area contributed by atoms with Crippen molar-refractivity contribution in [2.24, 2.45) is 5.16 Å². The van der Waals surface area contributed by atoms with E-state index in [4.69, 9.17) is 0 Å². The minimum Gasteiger partial charge on any atom is -0.399 e. The minimum absolute atomic E-state index is 0.163. The third-order valence-corrected chi connectivity index (χ3v) is 1.92. The molecule has 6 heteroatoms. The lowest BCUT2D eigenvalue weighted by atomic mass is 10.1. The topological polar surface area (TPSA) is 21.6 Å². The van der Waals surface area contributed by atoms with Gasteiger partial charge in [-0.1, -0.05) is 11.2 Å². The van der Waals surface area contributed by atoms with E-state index >= 15 is 0 Å². The molecule has 1 aromatic rings. The van der Waals surface area contributed by atoms with Crippen LogP contribution in [0.3, 0.4) is 0 Å². The second-order valence-electron chi connectivity index (χ2n) is 3.05. The molecule has 0 saturated carbocycles. The first-order valence-corrected chi connectivity index (χ1v) is 4.31. The van der Waals surface area contributed by atoms with Crippen LogP contribution < -0.4 is 0 Å². The molecule has 88 valence electrons. The van der Waals surface area contributed by atoms with Gasteiger partial charge in [-0.2, -0.15) is 13.2 Å². The normalized spacial score (nSPS) is 12.8. The maximum absolute atomic E-state index is 12.9. The molecule has 0 atom stereocenters. The molecule has 0 aliphatic carbocycles. The van der Waals surface area contributed by atoms with Gasteiger partial charge in [0, 0.05) is 0 Å². The SMILES string of the molecule is CO/N=C(\C)c1ccc(F)c(C(F)(F)F)c1. The van der Waals surface area contributed by atoms with E-state index in [9.17, 15) is 17.6 Å². The van der Waals surface area contributed by atoms with E-state index in [2.05, 4.69) is 9.99 Å². The van der Waals surface area contributed by atoms with E-state index in [1.54, 1.807) is 0 Å². The summed E-state index contributed by atoms with van der Waals surface area (Å²) in [6.07, 6.45) is -4.71. The molecule has 1 aromatic carbocycles. The quantitative estimate of drug-likeness (QED) is 0.438. The first-order chi connectivity index (χ1) is 7.36. The Morgan fingerprint density at radius 1 is 1.31 bits per heavy atom. The molecule has 1 rings (SSSR count). The zero-order valence-electron chi connectivity index (χ0n) is 8.60. The number of benzene rings is 1. The van der Waals surface area contributed by atoms with Crippen molar-refractivity contribution in [2.45, 2.75) is 13.1 Å². The second kappa shape index (κ2) is 4.51. The Morgan fingerprint density at radius 3 is 2.44 bits per heavy atom. The van der Waals surface area contributed by atoms with Crippen molar-refractivity contribution in [3.63, 3.8) is 0 Å². The van der Waals surface area contributed by atoms with Crippen LogP contribution in [0.2, 0.25) is 0 Å². The number of alkyl halides is 3. The molecule has 0 saturated heterocycles. The van der Waals surface area contributed by atoms with Crippen LogP contribution in [0.25, 0.3) is 0 Å². The molecule has 0 aliphatic rings. The first kappa shape index (κ1) is 12.5. The van der Waals surface area contributed by atoms with Crippen molar-refractivity contribution < 1.29 is 22.4 Å². The van der Waals surface area contributed by atoms with Crippen molar-refractivity contribution in [1.29, 1.82) is 0 Å². The molecule has 0 radical (unpaired) electrons. The van der Waals surface area contributed by atoms with Crippen LogP contribution in [0.4, 0.5) is 17.6 Å². The lowest BCUT2D eigenvalue weighted by molar-refractivity contribution is -0.140. The van der Waals surface area contributed by atoms with Crippen LogP contribution in [0.5, 0.6) is 0 Å². The zero-order chi connectivity index (χ0) is 12.3. The highest BCUT2D eigenvalue weighted by molar-refractivity contribution is 5.98. The summed E-state index contributed by atoms with van der Waals surface area (Å²) < 4.78 is 50.0. The van der Waals surface area contributed by atoms with Crippen molar-refractivity contribution in [3.05, 3.63) is 35.1 Å². The van der Waals surface area contributed by atoms with Gasteiger partial charge >= 0.3 is 6.18 Å². The van der Waals surface area contributed by atoms with Gasteiger partial charge in [-0.3, -0.25) is 0 Å². The summed E-state index contributed by atoms with van der Waals surface area (Å²) in [6, 6.07) is 2.67. The second-order valence-corrected chi connectivity index (χ2v) is 3.05. The Balaban J connectivity index is 3.23. The predicted molar refractivity (Wildman–Crippen MR) is 50.6 cm³/mol. The molecule has 2 nitrogen and oxygen atoms in total. The zero-order valence-corrected chi connectivity index (χ0v) is 8.60. The monoisotopic (exact) mass is 235 g/mol. The van der Waals surface area contributed by atoms with Gasteiger partial charge in [-0.15, -0.1) is 0 Å². The van der Waals surface area contributed by atoms with E-state index in [1.165, 1.54) is 20.1 Å². The van der Waals surface area contributed by atoms with Gasteiger partial charge in [0.15, 0.2) is 0 Å². The number of nitrogens with zero attached hydrogens (tertiary/aromatic N) is 1. The Hall–Kier alpha value is -1.59. The lowest BCUT2D eigenvalue weighted by Crippen LogP contribution is -2.10. The number of hydrogen-bond acceptors (Lipinski definition) is 2. The Kier molecular flexibility index (Phi) is 3.51. The van der Waals surface area contributed by atoms with Crippen molar-refractivity contribution in [3.8, 4) is 0 Å². The number of oxime groups is 1. The molecule has 0 spiro atoms. The maximum atomic E-state index is 12.9. The van der Waals surface area contributed by atoms with Gasteiger partial charge in [0.2, 0.25) is 0 Å². The molecule has 0 bridgehead atoms. The van der Waals surface area contributed by atoms with Crippen LogP contribution in [-0.4, -0.2) is 12.8 Å². The number of halogens is 4. The smallest absolute Gasteiger partial charge is 0.399 e. The maximum Gasteiger partial charge on any atom is 0.419 e. The highest BCUT2D eigenvalue weighted by Crippen LogP contribution is 2.31. The van der Waals surface area contributed by atoms with E-state index in [0.29, 0.717) is 6.07 Å². The number of hydrogen-bond donors (Lipinski definition) is 0. The fraction of sp³-hybridized carbons (Fsp3) is 0.300. The van der Waals surface area contributed by atoms with E-state index in [1.807, 2.05) is 0 Å². The number of rotatable bonds is 2. The predicted octanol–water partition coefficient (Wildman–Crippen LogP) is 3.21. The Bertz CT molecular complexity index is 412. The summed E-state index contributed by atoms with van der Waals surface area (Å²) in [4.78, 5) is 4.43. The third-order valence-electron chi connectivity index (χ3n) is 1.92. The average Bonchev–Trinajstić information content (AvgIpc) is 2.16. The fourth-order valence-corrected chi connectivity index (χ4v) is 1.16. The third kappa shape index (κ3) is 2.71. The molecule has 0 N–H and O–H groups in total. The molecular formula is C10H9F4NO. The van der Waals surface area contributed by atoms with Gasteiger partial charge in [-0.05, 0) is 24.6 Å². The van der Waals surface area contributed by atoms with Crippen molar-refractivity contribution in [2.75, 3.05) is 7.11 Å². The van der Waals surface area contributed by atoms with Crippen LogP contribution in [0, 0.1) is 5.82 Å². The standard InChI is InChI=1S/C10H9F4NO/c1-6(15-16-2)7-3-4-9(11)8(5-7)10(12,13)14/h3-5H,1-2H3/b15-6+. The van der Waals surface area contributed by atoms with Crippen LogP contribution in [-0.2, 0) is 11.0 Å². The molecule has 0 amide bonds. The summed E-state index contributed by atoms with van der Waals surface area (Å²) >= 11 is 0. The van der Waals surface area contributed by atoms with E-state index in [-0.39, 0.29) is 11.3 Å². The minimum atomic E-state index is -4.71. The summed E-state index contributed by atoms with van der Waals surface area (Å²) in [7, 11) is 1.28. The molecule has 0 heterocycles. The molecule has 0 aromatic heterocycles. The van der Waals surface area contributed by atoms with Gasteiger partial charge in [0.05, 0.1) is 11.3 Å². The summed E-state index contributed by atoms with van der Waals surface area (Å²) in [5, 5.41) is 3.47. The van der Waals surface area contributed by atoms with Gasteiger partial charge in [0.1, 0.15) is 12.9 Å². The van der Waals surface area contributed by atoms with Crippen LogP contribution in [0.15, 0.2) is 23.4 Å². The molecule has 0 unspecified atom stereocenters. The lowest BCUT2D eigenvalue weighted by Gasteiger charge is -2.09. The van der Waals surface area contributed by atoms with Crippen molar-refractivity contribution >= 4 is 5.71 Å². The summed E-state index contributed by atoms with van der Waals surface area (Å²) in [5.74, 6) is -1.30. The highest BCUT2D eigenvalue weighted by Gasteiger charge is 2.34. The Morgan fingerprint density at radius 2 is 1.94 bits per heavy atom. The average molecular weight is 235 g/mol. The fourth-order valence-electron chi connectivity index (χ4n) is 1.16. The molecule has 0 fully saturated rings. The van der Waals surface area contributed by atoms with Crippen LogP contribution in [0.1, 0.15) is 18.1 Å². The molecular weight excluding hydrogens is 226 g/mol. The highest BCUT2D eigenvalue weighted by atomic mass is 19.4. The summed E-state index contributed by atoms with van der Waals surface area (Å²) in [5.41, 5.74) is -0.903. The van der Waals surface area contributed by atoms with Gasteiger partial charge in [0.25, 0.3) is 0 Å². The van der Waals surface area contributed by atoms with Crippen LogP contribution >= 0.6 is 0 Å². The van der Waals surface area contributed by atoms with Gasteiger partial charge < -0.3 is 4.84 Å². The summed E-state index contributed by atoms with van der Waals surface area (Å²) in [6.45, 7) is 1.47. The van der Waals surface area contributed by atoms with Crippen molar-refractivity contribution in [1.82, 2.24) is 0 Å². The largest absolute Gasteiger partial charge is 0.419 e. The Labute approximate surface area is 89.5 Å². The first-order valence-electron chi connectivity index (χ1n) is 4.31.